The highest BCUT2D eigenvalue weighted by Gasteiger charge is 2.32. The summed E-state index contributed by atoms with van der Waals surface area (Å²) in [5, 5.41) is 10.2. The van der Waals surface area contributed by atoms with Gasteiger partial charge in [0, 0.05) is 16.7 Å². The van der Waals surface area contributed by atoms with Gasteiger partial charge in [-0.1, -0.05) is 45.0 Å². The Kier molecular flexibility index (Phi) is 3.80. The third-order valence-corrected chi connectivity index (χ3v) is 3.55. The van der Waals surface area contributed by atoms with Crippen LogP contribution in [0.4, 0.5) is 0 Å². The molecule has 0 amide bonds. The Morgan fingerprint density at radius 1 is 1.00 bits per heavy atom. The number of ketones is 2. The molecule has 1 aliphatic carbocycles. The second-order valence-electron chi connectivity index (χ2n) is 6.45. The minimum Gasteiger partial charge on any atom is -0.507 e. The van der Waals surface area contributed by atoms with Gasteiger partial charge in [0.1, 0.15) is 5.76 Å². The van der Waals surface area contributed by atoms with Crippen LogP contribution in [0.3, 0.4) is 0 Å². The van der Waals surface area contributed by atoms with E-state index in [1.54, 1.807) is 24.3 Å². The van der Waals surface area contributed by atoms with Crippen LogP contribution in [0, 0.1) is 5.41 Å². The molecule has 0 atom stereocenters. The first-order chi connectivity index (χ1) is 9.31. The molecule has 3 nitrogen and oxygen atoms in total. The number of carbonyl (C=O) groups is 2. The van der Waals surface area contributed by atoms with Gasteiger partial charge >= 0.3 is 0 Å². The minimum absolute atomic E-state index is 0.0286. The van der Waals surface area contributed by atoms with Gasteiger partial charge in [0.2, 0.25) is 11.6 Å². The molecule has 106 valence electrons. The molecule has 1 aromatic rings. The quantitative estimate of drug-likeness (QED) is 0.848. The lowest BCUT2D eigenvalue weighted by Crippen LogP contribution is -2.24. The van der Waals surface area contributed by atoms with Crippen molar-refractivity contribution in [2.45, 2.75) is 40.0 Å². The molecular formula is C17H20O3. The summed E-state index contributed by atoms with van der Waals surface area (Å²) in [6.07, 6.45) is 2.17. The Hall–Kier alpha value is -1.90. The van der Waals surface area contributed by atoms with Crippen molar-refractivity contribution < 1.29 is 14.7 Å². The molecule has 1 N–H and O–H groups in total. The number of fused-ring (bicyclic) bond motifs is 1. The summed E-state index contributed by atoms with van der Waals surface area (Å²) in [5.41, 5.74) is 1.21. The van der Waals surface area contributed by atoms with Crippen LogP contribution in [0.15, 0.2) is 29.8 Å². The van der Waals surface area contributed by atoms with Crippen molar-refractivity contribution in [3.8, 4) is 0 Å². The zero-order valence-electron chi connectivity index (χ0n) is 12.2. The van der Waals surface area contributed by atoms with Crippen LogP contribution in [0.2, 0.25) is 0 Å². The van der Waals surface area contributed by atoms with Crippen molar-refractivity contribution in [2.75, 3.05) is 0 Å². The van der Waals surface area contributed by atoms with Crippen LogP contribution < -0.4 is 0 Å². The minimum atomic E-state index is -0.560. The van der Waals surface area contributed by atoms with Crippen molar-refractivity contribution in [2.24, 2.45) is 5.41 Å². The number of hydrogen-bond acceptors (Lipinski definition) is 3. The van der Waals surface area contributed by atoms with E-state index in [1.165, 1.54) is 0 Å². The van der Waals surface area contributed by atoms with Crippen molar-refractivity contribution in [1.82, 2.24) is 0 Å². The highest BCUT2D eigenvalue weighted by atomic mass is 16.3. The fourth-order valence-electron chi connectivity index (χ4n) is 2.44. The van der Waals surface area contributed by atoms with Gasteiger partial charge in [-0.3, -0.25) is 9.59 Å². The average molecular weight is 272 g/mol. The number of allylic oxidation sites excluding steroid dienone is 1. The smallest absolute Gasteiger partial charge is 0.234 e. The molecule has 0 saturated carbocycles. The predicted octanol–water partition coefficient (Wildman–Crippen LogP) is 3.94. The first-order valence-corrected chi connectivity index (χ1v) is 6.92. The van der Waals surface area contributed by atoms with E-state index < -0.39 is 11.6 Å². The number of Topliss-reactive ketones (excluding diaryl/α,β-unsaturated/α-hetero) is 2. The molecule has 0 bridgehead atoms. The monoisotopic (exact) mass is 272 g/mol. The summed E-state index contributed by atoms with van der Waals surface area (Å²) < 4.78 is 0. The van der Waals surface area contributed by atoms with E-state index in [-0.39, 0.29) is 16.7 Å². The Balaban J connectivity index is 2.28. The van der Waals surface area contributed by atoms with Crippen molar-refractivity contribution >= 4 is 17.3 Å². The highest BCUT2D eigenvalue weighted by molar-refractivity contribution is 6.52. The van der Waals surface area contributed by atoms with Crippen LogP contribution in [0.1, 0.15) is 56.0 Å². The van der Waals surface area contributed by atoms with Gasteiger partial charge in [-0.15, -0.1) is 0 Å². The lowest BCUT2D eigenvalue weighted by molar-refractivity contribution is -0.112. The van der Waals surface area contributed by atoms with E-state index in [2.05, 4.69) is 20.8 Å². The summed E-state index contributed by atoms with van der Waals surface area (Å²) in [6, 6.07) is 6.71. The number of aliphatic hydroxyl groups excluding tert-OH is 1. The zero-order valence-corrected chi connectivity index (χ0v) is 12.2. The molecule has 3 heteroatoms. The largest absolute Gasteiger partial charge is 0.507 e. The zero-order chi connectivity index (χ0) is 14.9. The van der Waals surface area contributed by atoms with Crippen LogP contribution >= 0.6 is 0 Å². The number of hydrogen-bond donors (Lipinski definition) is 1. The van der Waals surface area contributed by atoms with E-state index in [0.29, 0.717) is 17.5 Å². The Bertz CT molecular complexity index is 588. The third kappa shape index (κ3) is 2.82. The Morgan fingerprint density at radius 3 is 2.20 bits per heavy atom. The molecule has 1 aromatic carbocycles. The molecule has 2 rings (SSSR count). The third-order valence-electron chi connectivity index (χ3n) is 3.55. The van der Waals surface area contributed by atoms with E-state index in [1.807, 2.05) is 0 Å². The first-order valence-electron chi connectivity index (χ1n) is 6.92. The van der Waals surface area contributed by atoms with Crippen LogP contribution in [0.25, 0.3) is 5.76 Å². The van der Waals surface area contributed by atoms with Gasteiger partial charge in [-0.25, -0.2) is 0 Å². The topological polar surface area (TPSA) is 54.4 Å². The fourth-order valence-corrected chi connectivity index (χ4v) is 2.44. The van der Waals surface area contributed by atoms with Gasteiger partial charge in [0.15, 0.2) is 0 Å². The van der Waals surface area contributed by atoms with Gasteiger partial charge in [-0.2, -0.15) is 0 Å². The molecule has 0 aromatic heterocycles. The number of benzene rings is 1. The Morgan fingerprint density at radius 2 is 1.60 bits per heavy atom. The van der Waals surface area contributed by atoms with E-state index in [0.717, 1.165) is 12.8 Å². The summed E-state index contributed by atoms with van der Waals surface area (Å²) in [7, 11) is 0. The molecule has 0 unspecified atom stereocenters. The molecule has 0 saturated heterocycles. The number of carbonyl (C=O) groups excluding carboxylic acids is 2. The first kappa shape index (κ1) is 14.5. The van der Waals surface area contributed by atoms with E-state index in [4.69, 9.17) is 0 Å². The molecule has 0 fully saturated rings. The molecule has 20 heavy (non-hydrogen) atoms. The van der Waals surface area contributed by atoms with Crippen LogP contribution in [-0.2, 0) is 4.79 Å². The van der Waals surface area contributed by atoms with Crippen molar-refractivity contribution in [3.05, 3.63) is 41.0 Å². The van der Waals surface area contributed by atoms with Gasteiger partial charge in [0.25, 0.3) is 0 Å². The van der Waals surface area contributed by atoms with Crippen molar-refractivity contribution in [1.29, 1.82) is 0 Å². The van der Waals surface area contributed by atoms with Gasteiger partial charge < -0.3 is 5.11 Å². The maximum absolute atomic E-state index is 12.1. The molecule has 1 aliphatic rings. The number of rotatable bonds is 3. The van der Waals surface area contributed by atoms with Gasteiger partial charge in [0.05, 0.1) is 0 Å². The average Bonchev–Trinajstić information content (AvgIpc) is 2.39. The SMILES string of the molecule is CC(C)(C)CCCC1=C(O)c2ccccc2C(=O)C1=O. The number of aliphatic hydroxyl groups is 1. The van der Waals surface area contributed by atoms with Gasteiger partial charge in [-0.05, 0) is 24.7 Å². The van der Waals surface area contributed by atoms with E-state index >= 15 is 0 Å². The normalized spacial score (nSPS) is 15.6. The van der Waals surface area contributed by atoms with Crippen molar-refractivity contribution in [3.63, 3.8) is 0 Å². The summed E-state index contributed by atoms with van der Waals surface area (Å²) in [6.45, 7) is 6.39. The fraction of sp³-hybridized carbons (Fsp3) is 0.412. The second-order valence-corrected chi connectivity index (χ2v) is 6.45. The van der Waals surface area contributed by atoms with Crippen LogP contribution in [0.5, 0.6) is 0 Å². The summed E-state index contributed by atoms with van der Waals surface area (Å²) in [5.74, 6) is -1.10. The second kappa shape index (κ2) is 5.23. The summed E-state index contributed by atoms with van der Waals surface area (Å²) >= 11 is 0. The Labute approximate surface area is 119 Å². The van der Waals surface area contributed by atoms with E-state index in [9.17, 15) is 14.7 Å². The maximum atomic E-state index is 12.1. The standard InChI is InChI=1S/C17H20O3/c1-17(2,3)10-6-9-13-14(18)11-7-4-5-8-12(11)15(19)16(13)20/h4-5,7-8,18H,6,9-10H2,1-3H3. The predicted molar refractivity (Wildman–Crippen MR) is 78.6 cm³/mol. The van der Waals surface area contributed by atoms with Crippen LogP contribution in [-0.4, -0.2) is 16.7 Å². The molecule has 0 spiro atoms. The summed E-state index contributed by atoms with van der Waals surface area (Å²) in [4.78, 5) is 24.1. The molecule has 0 heterocycles. The molecule has 0 radical (unpaired) electrons. The lowest BCUT2D eigenvalue weighted by atomic mass is 9.84. The lowest BCUT2D eigenvalue weighted by Gasteiger charge is -2.20. The maximum Gasteiger partial charge on any atom is 0.234 e. The highest BCUT2D eigenvalue weighted by Crippen LogP contribution is 2.31. The molecule has 0 aliphatic heterocycles. The molecular weight excluding hydrogens is 252 g/mol.